The van der Waals surface area contributed by atoms with Gasteiger partial charge in [0.1, 0.15) is 12.0 Å². The summed E-state index contributed by atoms with van der Waals surface area (Å²) in [7, 11) is -1.13. The molecule has 178 valence electrons. The normalized spacial score (nSPS) is 24.8. The lowest BCUT2D eigenvalue weighted by molar-refractivity contribution is -0.117. The van der Waals surface area contributed by atoms with Gasteiger partial charge in [-0.3, -0.25) is 4.79 Å². The van der Waals surface area contributed by atoms with Crippen LogP contribution in [0.15, 0.2) is 40.3 Å². The molecule has 1 aromatic carbocycles. The molecule has 0 bridgehead atoms. The molecule has 0 saturated carbocycles. The Kier molecular flexibility index (Phi) is 7.70. The van der Waals surface area contributed by atoms with Crippen LogP contribution in [0, 0.1) is 0 Å². The molecule has 3 rings (SSSR count). The number of anilines is 1. The number of aliphatic hydroxyl groups is 1. The Morgan fingerprint density at radius 2 is 2.06 bits per heavy atom. The number of carbonyl (C=O) groups excluding carboxylic acids is 1. The van der Waals surface area contributed by atoms with E-state index >= 15 is 0 Å². The van der Waals surface area contributed by atoms with E-state index in [1.807, 2.05) is 14.0 Å². The summed E-state index contributed by atoms with van der Waals surface area (Å²) in [6.07, 6.45) is 2.78. The van der Waals surface area contributed by atoms with Crippen molar-refractivity contribution in [2.75, 3.05) is 38.3 Å². The number of nitrogens with two attached hydrogens (primary N) is 1. The van der Waals surface area contributed by atoms with Crippen LogP contribution in [0.25, 0.3) is 0 Å². The SMILES string of the molecule is CCC1=C(NCC2(O)CCN(C)CC2)NC(Nc2cccc(S(C)(=O)=O)c2)C(C(N)=O)P1. The van der Waals surface area contributed by atoms with Crippen molar-refractivity contribution in [2.24, 2.45) is 5.73 Å². The quantitative estimate of drug-likeness (QED) is 0.339. The minimum absolute atomic E-state index is 0.177. The van der Waals surface area contributed by atoms with Crippen LogP contribution in [0.2, 0.25) is 0 Å². The van der Waals surface area contributed by atoms with E-state index in [2.05, 4.69) is 20.9 Å². The van der Waals surface area contributed by atoms with Gasteiger partial charge < -0.3 is 31.7 Å². The third-order valence-electron chi connectivity index (χ3n) is 6.02. The number of nitrogens with zero attached hydrogens (tertiary/aromatic N) is 1. The van der Waals surface area contributed by atoms with Gasteiger partial charge in [-0.05, 0) is 49.8 Å². The second-order valence-corrected chi connectivity index (χ2v) is 12.2. The van der Waals surface area contributed by atoms with Crippen LogP contribution in [-0.2, 0) is 14.6 Å². The van der Waals surface area contributed by atoms with Gasteiger partial charge in [-0.15, -0.1) is 0 Å². The van der Waals surface area contributed by atoms with Crippen molar-refractivity contribution in [3.63, 3.8) is 0 Å². The predicted molar refractivity (Wildman–Crippen MR) is 128 cm³/mol. The minimum Gasteiger partial charge on any atom is -0.388 e. The van der Waals surface area contributed by atoms with E-state index in [1.54, 1.807) is 18.2 Å². The Hall–Kier alpha value is -1.87. The molecule has 1 amide bonds. The molecule has 2 aliphatic heterocycles. The number of allylic oxidation sites excluding steroid dienone is 1. The standard InChI is InChI=1S/C21H34N5O4PS/c1-4-16-19(23-13-21(28)8-10-26(2)11-9-21)25-20(17(31-16)18(22)27)24-14-6-5-7-15(12-14)32(3,29)30/h5-7,12,17,20,23-25,28,31H,4,8-11,13H2,1-3H3,(H2,22,27). The Labute approximate surface area is 191 Å². The molecular formula is C21H34N5O4PS. The first-order chi connectivity index (χ1) is 15.0. The van der Waals surface area contributed by atoms with Gasteiger partial charge in [0.2, 0.25) is 5.91 Å². The van der Waals surface area contributed by atoms with E-state index in [0.717, 1.165) is 36.9 Å². The van der Waals surface area contributed by atoms with Crippen LogP contribution in [0.3, 0.4) is 0 Å². The van der Waals surface area contributed by atoms with E-state index in [4.69, 9.17) is 5.73 Å². The fourth-order valence-electron chi connectivity index (χ4n) is 3.92. The highest BCUT2D eigenvalue weighted by Gasteiger charge is 2.35. The molecule has 6 N–H and O–H groups in total. The maximum atomic E-state index is 12.2. The summed E-state index contributed by atoms with van der Waals surface area (Å²) in [5.74, 6) is 0.374. The van der Waals surface area contributed by atoms with Gasteiger partial charge in [0, 0.05) is 31.6 Å². The van der Waals surface area contributed by atoms with Gasteiger partial charge in [-0.2, -0.15) is 0 Å². The van der Waals surface area contributed by atoms with Crippen LogP contribution < -0.4 is 21.7 Å². The number of likely N-dealkylation sites (tertiary alicyclic amines) is 1. The maximum Gasteiger partial charge on any atom is 0.228 e. The molecule has 9 nitrogen and oxygen atoms in total. The van der Waals surface area contributed by atoms with Gasteiger partial charge in [0.25, 0.3) is 0 Å². The number of nitrogens with one attached hydrogen (secondary N) is 3. The first kappa shape index (κ1) is 24.8. The highest BCUT2D eigenvalue weighted by atomic mass is 32.2. The summed E-state index contributed by atoms with van der Waals surface area (Å²) in [6, 6.07) is 6.49. The van der Waals surface area contributed by atoms with Gasteiger partial charge in [0.05, 0.1) is 16.2 Å². The summed E-state index contributed by atoms with van der Waals surface area (Å²) in [4.78, 5) is 14.6. The number of benzene rings is 1. The van der Waals surface area contributed by atoms with Crippen molar-refractivity contribution in [3.05, 3.63) is 35.4 Å². The Morgan fingerprint density at radius 3 is 2.66 bits per heavy atom. The van der Waals surface area contributed by atoms with Crippen LogP contribution in [0.1, 0.15) is 26.2 Å². The number of rotatable bonds is 8. The zero-order valence-corrected chi connectivity index (χ0v) is 20.6. The average Bonchev–Trinajstić information content (AvgIpc) is 2.74. The number of amides is 1. The van der Waals surface area contributed by atoms with E-state index in [1.165, 1.54) is 6.07 Å². The number of piperidine rings is 1. The second-order valence-electron chi connectivity index (χ2n) is 8.68. The molecule has 2 heterocycles. The molecule has 3 atom stereocenters. The first-order valence-electron chi connectivity index (χ1n) is 10.8. The van der Waals surface area contributed by atoms with Gasteiger partial charge in [-0.25, -0.2) is 8.42 Å². The lowest BCUT2D eigenvalue weighted by atomic mass is 9.91. The maximum absolute atomic E-state index is 12.2. The zero-order valence-electron chi connectivity index (χ0n) is 18.8. The lowest BCUT2D eigenvalue weighted by Gasteiger charge is -2.39. The molecule has 1 saturated heterocycles. The molecule has 2 aliphatic rings. The molecule has 0 aliphatic carbocycles. The molecule has 1 aromatic rings. The summed E-state index contributed by atoms with van der Waals surface area (Å²) in [6.45, 7) is 4.13. The third-order valence-corrected chi connectivity index (χ3v) is 9.01. The van der Waals surface area contributed by atoms with Crippen molar-refractivity contribution in [3.8, 4) is 0 Å². The van der Waals surface area contributed by atoms with Crippen molar-refractivity contribution in [2.45, 2.75) is 48.5 Å². The fourth-order valence-corrected chi connectivity index (χ4v) is 5.95. The Balaban J connectivity index is 1.78. The number of hydrogen-bond acceptors (Lipinski definition) is 8. The molecule has 32 heavy (non-hydrogen) atoms. The fraction of sp³-hybridized carbons (Fsp3) is 0.571. The minimum atomic E-state index is -3.35. The highest BCUT2D eigenvalue weighted by molar-refractivity contribution is 7.90. The van der Waals surface area contributed by atoms with Crippen molar-refractivity contribution < 1.29 is 18.3 Å². The van der Waals surface area contributed by atoms with E-state index in [-0.39, 0.29) is 13.5 Å². The number of hydrogen-bond donors (Lipinski definition) is 5. The Bertz CT molecular complexity index is 976. The topological polar surface area (TPSA) is 137 Å². The Morgan fingerprint density at radius 1 is 1.38 bits per heavy atom. The predicted octanol–water partition coefficient (Wildman–Crippen LogP) is 0.589. The van der Waals surface area contributed by atoms with E-state index in [9.17, 15) is 18.3 Å². The largest absolute Gasteiger partial charge is 0.388 e. The van der Waals surface area contributed by atoms with E-state index in [0.29, 0.717) is 25.1 Å². The smallest absolute Gasteiger partial charge is 0.228 e. The lowest BCUT2D eigenvalue weighted by Crippen LogP contribution is -2.55. The summed E-state index contributed by atoms with van der Waals surface area (Å²) in [5.41, 5.74) is 5.02. The molecular weight excluding hydrogens is 449 g/mol. The molecule has 0 radical (unpaired) electrons. The molecule has 11 heteroatoms. The van der Waals surface area contributed by atoms with Crippen LogP contribution >= 0.6 is 8.58 Å². The van der Waals surface area contributed by atoms with Gasteiger partial charge in [0.15, 0.2) is 9.84 Å². The van der Waals surface area contributed by atoms with Crippen molar-refractivity contribution in [1.82, 2.24) is 15.5 Å². The average molecular weight is 484 g/mol. The van der Waals surface area contributed by atoms with Crippen LogP contribution in [0.5, 0.6) is 0 Å². The molecule has 3 unspecified atom stereocenters. The first-order valence-corrected chi connectivity index (χ1v) is 13.7. The van der Waals surface area contributed by atoms with Gasteiger partial charge >= 0.3 is 0 Å². The van der Waals surface area contributed by atoms with Gasteiger partial charge in [-0.1, -0.05) is 21.6 Å². The third kappa shape index (κ3) is 6.13. The molecule has 0 aromatic heterocycles. The number of carbonyl (C=O) groups is 1. The summed E-state index contributed by atoms with van der Waals surface area (Å²) in [5, 5.41) is 22.0. The second kappa shape index (κ2) is 9.95. The van der Waals surface area contributed by atoms with Crippen molar-refractivity contribution in [1.29, 1.82) is 0 Å². The number of primary amides is 1. The van der Waals surface area contributed by atoms with Crippen molar-refractivity contribution >= 4 is 30.0 Å². The van der Waals surface area contributed by atoms with Crippen LogP contribution in [0.4, 0.5) is 5.69 Å². The summed E-state index contributed by atoms with van der Waals surface area (Å²) >= 11 is 0. The zero-order chi connectivity index (χ0) is 23.5. The molecule has 0 spiro atoms. The monoisotopic (exact) mass is 483 g/mol. The van der Waals surface area contributed by atoms with Crippen LogP contribution in [-0.4, -0.2) is 74.7 Å². The molecule has 1 fully saturated rings. The summed E-state index contributed by atoms with van der Waals surface area (Å²) < 4.78 is 23.8. The van der Waals surface area contributed by atoms with E-state index < -0.39 is 33.2 Å². The number of sulfone groups is 1. The highest BCUT2D eigenvalue weighted by Crippen LogP contribution is 2.39.